The Balaban J connectivity index is 1.53. The maximum atomic E-state index is 13.3. The predicted molar refractivity (Wildman–Crippen MR) is 98.5 cm³/mol. The van der Waals surface area contributed by atoms with Crippen LogP contribution in [0.5, 0.6) is 0 Å². The summed E-state index contributed by atoms with van der Waals surface area (Å²) in [6.07, 6.45) is 1.90. The van der Waals surface area contributed by atoms with E-state index < -0.39 is 0 Å². The lowest BCUT2D eigenvalue weighted by Crippen LogP contribution is -2.32. The van der Waals surface area contributed by atoms with E-state index in [0.717, 1.165) is 0 Å². The topological polar surface area (TPSA) is 71.5 Å². The molecule has 0 radical (unpaired) electrons. The zero-order valence-corrected chi connectivity index (χ0v) is 15.2. The third kappa shape index (κ3) is 4.89. The van der Waals surface area contributed by atoms with Crippen LogP contribution in [0.25, 0.3) is 11.3 Å². The minimum Gasteiger partial charge on any atom is -0.383 e. The van der Waals surface area contributed by atoms with Gasteiger partial charge in [0.05, 0.1) is 17.9 Å². The first-order chi connectivity index (χ1) is 13.1. The maximum absolute atomic E-state index is 13.3. The number of ether oxygens (including phenoxy) is 1. The van der Waals surface area contributed by atoms with Crippen LogP contribution in [-0.2, 0) is 9.53 Å². The molecule has 1 aliphatic heterocycles. The number of hydrogen-bond acceptors (Lipinski definition) is 4. The monoisotopic (exact) mass is 371 g/mol. The van der Waals surface area contributed by atoms with E-state index in [4.69, 9.17) is 4.74 Å². The van der Waals surface area contributed by atoms with Crippen molar-refractivity contribution in [3.8, 4) is 11.3 Å². The minimum atomic E-state index is -0.332. The fourth-order valence-corrected chi connectivity index (χ4v) is 3.09. The second-order valence-corrected chi connectivity index (χ2v) is 6.56. The first kappa shape index (κ1) is 19.0. The summed E-state index contributed by atoms with van der Waals surface area (Å²) in [6.45, 7) is 2.14. The number of rotatable bonds is 7. The number of hydrogen-bond donors (Lipinski definition) is 1. The number of aromatic nitrogens is 1. The first-order valence-corrected chi connectivity index (χ1v) is 8.83. The van der Waals surface area contributed by atoms with Crippen LogP contribution < -0.4 is 5.32 Å². The predicted octanol–water partition coefficient (Wildman–Crippen LogP) is 2.11. The number of benzene rings is 1. The number of nitrogens with zero attached hydrogens (tertiary/aromatic N) is 2. The highest BCUT2D eigenvalue weighted by atomic mass is 19.1. The van der Waals surface area contributed by atoms with Crippen molar-refractivity contribution < 1.29 is 18.7 Å². The van der Waals surface area contributed by atoms with Gasteiger partial charge in [0.15, 0.2) is 0 Å². The molecule has 1 unspecified atom stereocenters. The molecule has 1 N–H and O–H groups in total. The van der Waals surface area contributed by atoms with Crippen LogP contribution in [0.3, 0.4) is 0 Å². The van der Waals surface area contributed by atoms with Crippen LogP contribution in [-0.4, -0.2) is 55.0 Å². The molecule has 0 saturated carbocycles. The second kappa shape index (κ2) is 8.73. The number of methoxy groups -OCH3 is 1. The fraction of sp³-hybridized carbons (Fsp3) is 0.350. The molecular formula is C20H22FN3O3. The summed E-state index contributed by atoms with van der Waals surface area (Å²) in [5.74, 6) is -0.386. The fourth-order valence-electron chi connectivity index (χ4n) is 3.09. The highest BCUT2D eigenvalue weighted by molar-refractivity contribution is 5.94. The molecule has 2 heterocycles. The Labute approximate surface area is 157 Å². The van der Waals surface area contributed by atoms with Gasteiger partial charge in [-0.2, -0.15) is 0 Å². The third-order valence-corrected chi connectivity index (χ3v) is 4.56. The van der Waals surface area contributed by atoms with E-state index in [1.54, 1.807) is 36.3 Å². The minimum absolute atomic E-state index is 0.0902. The van der Waals surface area contributed by atoms with Crippen LogP contribution in [0.2, 0.25) is 0 Å². The van der Waals surface area contributed by atoms with Crippen molar-refractivity contribution in [1.82, 2.24) is 15.2 Å². The normalized spacial score (nSPS) is 16.6. The van der Waals surface area contributed by atoms with Crippen molar-refractivity contribution in [2.45, 2.75) is 6.42 Å². The quantitative estimate of drug-likeness (QED) is 0.809. The van der Waals surface area contributed by atoms with Crippen molar-refractivity contribution in [1.29, 1.82) is 0 Å². The molecule has 0 spiro atoms. The van der Waals surface area contributed by atoms with Gasteiger partial charge in [-0.05, 0) is 24.3 Å². The summed E-state index contributed by atoms with van der Waals surface area (Å²) in [5, 5.41) is 2.86. The molecule has 3 rings (SSSR count). The van der Waals surface area contributed by atoms with Crippen molar-refractivity contribution in [2.24, 2.45) is 5.92 Å². The van der Waals surface area contributed by atoms with Gasteiger partial charge in [0.1, 0.15) is 5.82 Å². The summed E-state index contributed by atoms with van der Waals surface area (Å²) < 4.78 is 18.3. The van der Waals surface area contributed by atoms with E-state index in [1.807, 2.05) is 0 Å². The Morgan fingerprint density at radius 1 is 1.37 bits per heavy atom. The van der Waals surface area contributed by atoms with Crippen LogP contribution in [0.4, 0.5) is 4.39 Å². The third-order valence-electron chi connectivity index (χ3n) is 4.56. The molecular weight excluding hydrogens is 349 g/mol. The maximum Gasteiger partial charge on any atom is 0.252 e. The molecule has 0 bridgehead atoms. The molecule has 1 fully saturated rings. The number of amides is 2. The summed E-state index contributed by atoms with van der Waals surface area (Å²) in [7, 11) is 1.60. The molecule has 1 aromatic heterocycles. The highest BCUT2D eigenvalue weighted by Crippen LogP contribution is 2.19. The van der Waals surface area contributed by atoms with Crippen LogP contribution in [0, 0.1) is 11.7 Å². The van der Waals surface area contributed by atoms with E-state index in [2.05, 4.69) is 10.3 Å². The Kier molecular flexibility index (Phi) is 6.13. The van der Waals surface area contributed by atoms with Crippen LogP contribution in [0.1, 0.15) is 16.8 Å². The number of halogens is 1. The van der Waals surface area contributed by atoms with E-state index in [-0.39, 0.29) is 23.5 Å². The van der Waals surface area contributed by atoms with E-state index in [9.17, 15) is 14.0 Å². The molecule has 27 heavy (non-hydrogen) atoms. The van der Waals surface area contributed by atoms with E-state index in [0.29, 0.717) is 49.5 Å². The molecule has 7 heteroatoms. The van der Waals surface area contributed by atoms with Crippen LogP contribution in [0.15, 0.2) is 42.6 Å². The van der Waals surface area contributed by atoms with E-state index >= 15 is 0 Å². The van der Waals surface area contributed by atoms with Gasteiger partial charge in [-0.15, -0.1) is 0 Å². The average molecular weight is 371 g/mol. The zero-order chi connectivity index (χ0) is 19.2. The molecule has 2 aromatic rings. The first-order valence-electron chi connectivity index (χ1n) is 8.83. The smallest absolute Gasteiger partial charge is 0.252 e. The molecule has 0 aliphatic carbocycles. The van der Waals surface area contributed by atoms with Gasteiger partial charge in [0.2, 0.25) is 5.91 Å². The second-order valence-electron chi connectivity index (χ2n) is 6.56. The number of pyridine rings is 1. The number of nitrogens with one attached hydrogen (secondary N) is 1. The van der Waals surface area contributed by atoms with E-state index in [1.165, 1.54) is 18.3 Å². The molecule has 2 amide bonds. The largest absolute Gasteiger partial charge is 0.383 e. The summed E-state index contributed by atoms with van der Waals surface area (Å²) in [5.41, 5.74) is 1.68. The van der Waals surface area contributed by atoms with Crippen molar-refractivity contribution in [3.05, 3.63) is 54.0 Å². The Morgan fingerprint density at radius 2 is 2.22 bits per heavy atom. The lowest BCUT2D eigenvalue weighted by Gasteiger charge is -2.16. The molecule has 1 aliphatic rings. The number of carbonyl (C=O) groups excluding carboxylic acids is 2. The lowest BCUT2D eigenvalue weighted by atomic mass is 10.1. The molecule has 1 saturated heterocycles. The number of carbonyl (C=O) groups is 2. The summed E-state index contributed by atoms with van der Waals surface area (Å²) in [6, 6.07) is 9.50. The average Bonchev–Trinajstić information content (AvgIpc) is 3.04. The highest BCUT2D eigenvalue weighted by Gasteiger charge is 2.29. The van der Waals surface area contributed by atoms with Gasteiger partial charge in [-0.3, -0.25) is 14.6 Å². The van der Waals surface area contributed by atoms with Crippen LogP contribution >= 0.6 is 0 Å². The molecule has 1 atom stereocenters. The van der Waals surface area contributed by atoms with Crippen molar-refractivity contribution in [3.63, 3.8) is 0 Å². The number of likely N-dealkylation sites (tertiary alicyclic amines) is 1. The van der Waals surface area contributed by atoms with Gasteiger partial charge in [0.25, 0.3) is 5.91 Å². The Bertz CT molecular complexity index is 810. The standard InChI is InChI=1S/C20H22FN3O3/c1-27-8-7-24-13-14(9-19(24)25)11-23-20(26)16-5-6-18(22-12-16)15-3-2-4-17(21)10-15/h2-6,10,12,14H,7-9,11,13H2,1H3,(H,23,26). The molecule has 1 aromatic carbocycles. The van der Waals surface area contributed by atoms with Gasteiger partial charge in [-0.1, -0.05) is 12.1 Å². The molecule has 6 nitrogen and oxygen atoms in total. The Hall–Kier alpha value is -2.80. The lowest BCUT2D eigenvalue weighted by molar-refractivity contribution is -0.128. The zero-order valence-electron chi connectivity index (χ0n) is 15.2. The molecule has 142 valence electrons. The van der Waals surface area contributed by atoms with Crippen molar-refractivity contribution in [2.75, 3.05) is 33.4 Å². The van der Waals surface area contributed by atoms with Crippen molar-refractivity contribution >= 4 is 11.8 Å². The SMILES string of the molecule is COCCN1CC(CNC(=O)c2ccc(-c3cccc(F)c3)nc2)CC1=O. The van der Waals surface area contributed by atoms with Gasteiger partial charge < -0.3 is 15.0 Å². The van der Waals surface area contributed by atoms with Gasteiger partial charge in [-0.25, -0.2) is 4.39 Å². The summed E-state index contributed by atoms with van der Waals surface area (Å²) in [4.78, 5) is 30.2. The summed E-state index contributed by atoms with van der Waals surface area (Å²) >= 11 is 0. The van der Waals surface area contributed by atoms with Gasteiger partial charge in [0, 0.05) is 50.8 Å². The van der Waals surface area contributed by atoms with Gasteiger partial charge >= 0.3 is 0 Å². The Morgan fingerprint density at radius 3 is 2.93 bits per heavy atom.